The predicted octanol–water partition coefficient (Wildman–Crippen LogP) is 2.59. The third kappa shape index (κ3) is 2.68. The van der Waals surface area contributed by atoms with E-state index < -0.39 is 6.43 Å². The van der Waals surface area contributed by atoms with Crippen molar-refractivity contribution in [3.8, 4) is 5.75 Å². The number of rotatable bonds is 5. The smallest absolute Gasteiger partial charge is 0.267 e. The third-order valence-electron chi connectivity index (χ3n) is 2.36. The summed E-state index contributed by atoms with van der Waals surface area (Å²) in [5, 5.41) is 0. The predicted molar refractivity (Wildman–Crippen MR) is 56.5 cm³/mol. The molecule has 16 heavy (non-hydrogen) atoms. The standard InChI is InChI=1S/C11H15F2NO2/c1-7-4-5-8(11(12)13)10(15-2)9(7)6-14-16-3/h4-5,11,14H,6H2,1-3H3. The average Bonchev–Trinajstić information content (AvgIpc) is 2.26. The summed E-state index contributed by atoms with van der Waals surface area (Å²) >= 11 is 0. The van der Waals surface area contributed by atoms with E-state index in [2.05, 4.69) is 5.48 Å². The van der Waals surface area contributed by atoms with Crippen LogP contribution in [-0.2, 0) is 11.4 Å². The first-order valence-corrected chi connectivity index (χ1v) is 4.82. The van der Waals surface area contributed by atoms with Crippen molar-refractivity contribution in [1.29, 1.82) is 0 Å². The van der Waals surface area contributed by atoms with Gasteiger partial charge in [-0.3, -0.25) is 0 Å². The summed E-state index contributed by atoms with van der Waals surface area (Å²) < 4.78 is 30.5. The van der Waals surface area contributed by atoms with Gasteiger partial charge in [-0.15, -0.1) is 0 Å². The quantitative estimate of drug-likeness (QED) is 0.790. The van der Waals surface area contributed by atoms with Crippen molar-refractivity contribution in [3.05, 3.63) is 28.8 Å². The molecule has 3 nitrogen and oxygen atoms in total. The second kappa shape index (κ2) is 5.77. The molecule has 0 saturated carbocycles. The third-order valence-corrected chi connectivity index (χ3v) is 2.36. The summed E-state index contributed by atoms with van der Waals surface area (Å²) in [6.45, 7) is 2.16. The van der Waals surface area contributed by atoms with Crippen molar-refractivity contribution in [1.82, 2.24) is 5.48 Å². The Morgan fingerprint density at radius 3 is 2.50 bits per heavy atom. The second-order valence-electron chi connectivity index (χ2n) is 3.31. The minimum Gasteiger partial charge on any atom is -0.496 e. The number of hydroxylamine groups is 1. The number of halogens is 2. The van der Waals surface area contributed by atoms with Crippen molar-refractivity contribution >= 4 is 0 Å². The highest BCUT2D eigenvalue weighted by atomic mass is 19.3. The van der Waals surface area contributed by atoms with E-state index in [0.717, 1.165) is 5.56 Å². The van der Waals surface area contributed by atoms with E-state index in [4.69, 9.17) is 9.57 Å². The van der Waals surface area contributed by atoms with Gasteiger partial charge >= 0.3 is 0 Å². The summed E-state index contributed by atoms with van der Waals surface area (Å²) in [6, 6.07) is 3.03. The van der Waals surface area contributed by atoms with Gasteiger partial charge in [0.25, 0.3) is 6.43 Å². The van der Waals surface area contributed by atoms with Crippen molar-refractivity contribution in [2.24, 2.45) is 0 Å². The van der Waals surface area contributed by atoms with Crippen LogP contribution in [0.5, 0.6) is 5.75 Å². The van der Waals surface area contributed by atoms with Gasteiger partial charge in [0.2, 0.25) is 0 Å². The van der Waals surface area contributed by atoms with E-state index >= 15 is 0 Å². The lowest BCUT2D eigenvalue weighted by Crippen LogP contribution is -2.13. The summed E-state index contributed by atoms with van der Waals surface area (Å²) in [7, 11) is 2.86. The normalized spacial score (nSPS) is 10.9. The number of nitrogens with one attached hydrogen (secondary N) is 1. The molecule has 1 aromatic carbocycles. The van der Waals surface area contributed by atoms with Gasteiger partial charge in [-0.1, -0.05) is 6.07 Å². The molecular weight excluding hydrogens is 216 g/mol. The van der Waals surface area contributed by atoms with Gasteiger partial charge < -0.3 is 9.57 Å². The highest BCUT2D eigenvalue weighted by Crippen LogP contribution is 2.33. The second-order valence-corrected chi connectivity index (χ2v) is 3.31. The lowest BCUT2D eigenvalue weighted by atomic mass is 10.0. The molecule has 0 amide bonds. The molecular formula is C11H15F2NO2. The highest BCUT2D eigenvalue weighted by molar-refractivity contribution is 5.46. The number of benzene rings is 1. The Labute approximate surface area is 93.3 Å². The number of alkyl halides is 2. The molecule has 0 heterocycles. The zero-order valence-electron chi connectivity index (χ0n) is 9.51. The first-order chi connectivity index (χ1) is 7.61. The molecule has 0 atom stereocenters. The maximum Gasteiger partial charge on any atom is 0.267 e. The average molecular weight is 231 g/mol. The van der Waals surface area contributed by atoms with Gasteiger partial charge in [-0.25, -0.2) is 8.78 Å². The van der Waals surface area contributed by atoms with Gasteiger partial charge in [0.05, 0.1) is 19.8 Å². The van der Waals surface area contributed by atoms with E-state index in [1.165, 1.54) is 20.3 Å². The fourth-order valence-electron chi connectivity index (χ4n) is 1.52. The topological polar surface area (TPSA) is 30.5 Å². The van der Waals surface area contributed by atoms with E-state index in [9.17, 15) is 8.78 Å². The Hall–Kier alpha value is -1.20. The molecule has 0 aliphatic carbocycles. The number of ether oxygens (including phenoxy) is 1. The van der Waals surface area contributed by atoms with E-state index in [1.54, 1.807) is 6.07 Å². The molecule has 0 aliphatic rings. The van der Waals surface area contributed by atoms with Crippen LogP contribution in [0.1, 0.15) is 23.1 Å². The molecule has 5 heteroatoms. The van der Waals surface area contributed by atoms with Crippen LogP contribution in [0.4, 0.5) is 8.78 Å². The SMILES string of the molecule is CONCc1c(C)ccc(C(F)F)c1OC. The van der Waals surface area contributed by atoms with Gasteiger partial charge in [-0.05, 0) is 18.6 Å². The summed E-state index contributed by atoms with van der Waals surface area (Å²) in [4.78, 5) is 4.71. The Morgan fingerprint density at radius 2 is 2.00 bits per heavy atom. The number of hydrogen-bond acceptors (Lipinski definition) is 3. The molecule has 0 unspecified atom stereocenters. The van der Waals surface area contributed by atoms with E-state index in [0.29, 0.717) is 12.1 Å². The molecule has 0 saturated heterocycles. The summed E-state index contributed by atoms with van der Waals surface area (Å²) in [5.41, 5.74) is 4.09. The lowest BCUT2D eigenvalue weighted by molar-refractivity contribution is 0.0856. The minimum absolute atomic E-state index is 0.0963. The van der Waals surface area contributed by atoms with Crippen LogP contribution in [0.25, 0.3) is 0 Å². The van der Waals surface area contributed by atoms with Crippen molar-refractivity contribution in [2.45, 2.75) is 19.9 Å². The first kappa shape index (κ1) is 12.9. The lowest BCUT2D eigenvalue weighted by Gasteiger charge is -2.15. The fraction of sp³-hybridized carbons (Fsp3) is 0.455. The first-order valence-electron chi connectivity index (χ1n) is 4.82. The zero-order valence-corrected chi connectivity index (χ0v) is 9.51. The van der Waals surface area contributed by atoms with E-state index in [-0.39, 0.29) is 11.3 Å². The molecule has 0 bridgehead atoms. The molecule has 0 fully saturated rings. The van der Waals surface area contributed by atoms with Gasteiger partial charge in [0.15, 0.2) is 0 Å². The van der Waals surface area contributed by atoms with Crippen LogP contribution < -0.4 is 10.2 Å². The molecule has 0 radical (unpaired) electrons. The molecule has 0 aromatic heterocycles. The van der Waals surface area contributed by atoms with Crippen LogP contribution in [-0.4, -0.2) is 14.2 Å². The minimum atomic E-state index is -2.54. The molecule has 90 valence electrons. The Kier molecular flexibility index (Phi) is 4.64. The van der Waals surface area contributed by atoms with Crippen molar-refractivity contribution in [3.63, 3.8) is 0 Å². The summed E-state index contributed by atoms with van der Waals surface area (Å²) in [5.74, 6) is 0.222. The monoisotopic (exact) mass is 231 g/mol. The maximum absolute atomic E-state index is 12.7. The van der Waals surface area contributed by atoms with Gasteiger partial charge in [0.1, 0.15) is 5.75 Å². The van der Waals surface area contributed by atoms with Crippen molar-refractivity contribution in [2.75, 3.05) is 14.2 Å². The van der Waals surface area contributed by atoms with Crippen LogP contribution in [0, 0.1) is 6.92 Å². The molecule has 1 aromatic rings. The number of methoxy groups -OCH3 is 1. The zero-order chi connectivity index (χ0) is 12.1. The maximum atomic E-state index is 12.7. The van der Waals surface area contributed by atoms with Crippen LogP contribution in [0.2, 0.25) is 0 Å². The van der Waals surface area contributed by atoms with Gasteiger partial charge in [0, 0.05) is 12.1 Å². The van der Waals surface area contributed by atoms with Crippen LogP contribution >= 0.6 is 0 Å². The number of hydrogen-bond donors (Lipinski definition) is 1. The Bertz CT molecular complexity index is 356. The van der Waals surface area contributed by atoms with Gasteiger partial charge in [-0.2, -0.15) is 5.48 Å². The molecule has 0 spiro atoms. The largest absolute Gasteiger partial charge is 0.496 e. The highest BCUT2D eigenvalue weighted by Gasteiger charge is 2.18. The van der Waals surface area contributed by atoms with Crippen molar-refractivity contribution < 1.29 is 18.4 Å². The van der Waals surface area contributed by atoms with Crippen LogP contribution in [0.15, 0.2) is 12.1 Å². The molecule has 0 aliphatic heterocycles. The van der Waals surface area contributed by atoms with E-state index in [1.807, 2.05) is 6.92 Å². The molecule has 1 N–H and O–H groups in total. The fourth-order valence-corrected chi connectivity index (χ4v) is 1.52. The molecule has 1 rings (SSSR count). The number of aryl methyl sites for hydroxylation is 1. The van der Waals surface area contributed by atoms with Crippen LogP contribution in [0.3, 0.4) is 0 Å². The Morgan fingerprint density at radius 1 is 1.31 bits per heavy atom. The Balaban J connectivity index is 3.16. The summed E-state index contributed by atoms with van der Waals surface area (Å²) in [6.07, 6.45) is -2.54.